The Morgan fingerprint density at radius 1 is 1.04 bits per heavy atom. The summed E-state index contributed by atoms with van der Waals surface area (Å²) in [5.74, 6) is 2.13. The summed E-state index contributed by atoms with van der Waals surface area (Å²) in [6.45, 7) is 2.54. The fraction of sp³-hybridized carbons (Fsp3) is 0.136. The number of fused-ring (bicyclic) bond motifs is 1. The molecule has 1 heterocycles. The van der Waals surface area contributed by atoms with Crippen molar-refractivity contribution in [1.82, 2.24) is 9.97 Å². The average Bonchev–Trinajstić information content (AvgIpc) is 3.10. The molecule has 0 atom stereocenters. The van der Waals surface area contributed by atoms with Crippen molar-refractivity contribution in [2.75, 3.05) is 7.11 Å². The minimum atomic E-state index is 0.471. The zero-order valence-corrected chi connectivity index (χ0v) is 16.7. The molecule has 5 heteroatoms. The van der Waals surface area contributed by atoms with Crippen molar-refractivity contribution in [2.24, 2.45) is 0 Å². The minimum Gasteiger partial charge on any atom is -0.493 e. The van der Waals surface area contributed by atoms with Gasteiger partial charge in [0.2, 0.25) is 0 Å². The Labute approximate surface area is 166 Å². The van der Waals surface area contributed by atoms with E-state index in [2.05, 4.69) is 40.0 Å². The molecular weight excluding hydrogens is 404 g/mol. The summed E-state index contributed by atoms with van der Waals surface area (Å²) < 4.78 is 12.4. The summed E-state index contributed by atoms with van der Waals surface area (Å²) in [5, 5.41) is 0. The monoisotopic (exact) mass is 422 g/mol. The molecule has 0 radical (unpaired) electrons. The number of aromatic amines is 1. The van der Waals surface area contributed by atoms with E-state index in [9.17, 15) is 0 Å². The molecule has 0 saturated heterocycles. The number of hydrogen-bond donors (Lipinski definition) is 1. The van der Waals surface area contributed by atoms with Crippen LogP contribution >= 0.6 is 15.9 Å². The highest BCUT2D eigenvalue weighted by Gasteiger charge is 2.15. The lowest BCUT2D eigenvalue weighted by Crippen LogP contribution is -1.99. The van der Waals surface area contributed by atoms with Gasteiger partial charge in [-0.3, -0.25) is 0 Å². The Morgan fingerprint density at radius 3 is 2.63 bits per heavy atom. The van der Waals surface area contributed by atoms with Gasteiger partial charge in [-0.1, -0.05) is 36.4 Å². The number of aromatic nitrogens is 2. The van der Waals surface area contributed by atoms with Crippen LogP contribution in [0, 0.1) is 6.92 Å². The summed E-state index contributed by atoms with van der Waals surface area (Å²) in [5.41, 5.74) is 5.18. The molecule has 136 valence electrons. The van der Waals surface area contributed by atoms with Crippen LogP contribution in [0.15, 0.2) is 65.1 Å². The number of imidazole rings is 1. The molecule has 27 heavy (non-hydrogen) atoms. The third kappa shape index (κ3) is 3.69. The van der Waals surface area contributed by atoms with E-state index in [0.29, 0.717) is 18.1 Å². The van der Waals surface area contributed by atoms with Gasteiger partial charge in [0.05, 0.1) is 22.6 Å². The third-order valence-electron chi connectivity index (χ3n) is 4.37. The Morgan fingerprint density at radius 2 is 1.85 bits per heavy atom. The molecule has 3 aromatic carbocycles. The van der Waals surface area contributed by atoms with Crippen LogP contribution in [0.4, 0.5) is 0 Å². The molecule has 4 aromatic rings. The lowest BCUT2D eigenvalue weighted by Gasteiger charge is -2.14. The number of methoxy groups -OCH3 is 1. The van der Waals surface area contributed by atoms with Gasteiger partial charge in [0.1, 0.15) is 12.4 Å². The van der Waals surface area contributed by atoms with Gasteiger partial charge in [-0.2, -0.15) is 0 Å². The van der Waals surface area contributed by atoms with Crippen molar-refractivity contribution in [2.45, 2.75) is 13.5 Å². The first-order chi connectivity index (χ1) is 13.1. The number of nitrogens with zero attached hydrogens (tertiary/aromatic N) is 1. The first-order valence-corrected chi connectivity index (χ1v) is 9.44. The molecule has 1 N–H and O–H groups in total. The van der Waals surface area contributed by atoms with Crippen molar-refractivity contribution in [1.29, 1.82) is 0 Å². The van der Waals surface area contributed by atoms with E-state index < -0.39 is 0 Å². The summed E-state index contributed by atoms with van der Waals surface area (Å²) in [7, 11) is 1.64. The van der Waals surface area contributed by atoms with Crippen LogP contribution in [-0.4, -0.2) is 17.1 Å². The van der Waals surface area contributed by atoms with Gasteiger partial charge in [-0.05, 0) is 58.2 Å². The second-order valence-corrected chi connectivity index (χ2v) is 7.22. The van der Waals surface area contributed by atoms with Crippen molar-refractivity contribution < 1.29 is 9.47 Å². The van der Waals surface area contributed by atoms with Crippen molar-refractivity contribution in [3.8, 4) is 22.9 Å². The van der Waals surface area contributed by atoms with Gasteiger partial charge in [-0.15, -0.1) is 0 Å². The van der Waals surface area contributed by atoms with Crippen LogP contribution in [0.2, 0.25) is 0 Å². The minimum absolute atomic E-state index is 0.471. The molecule has 0 fully saturated rings. The van der Waals surface area contributed by atoms with E-state index in [4.69, 9.17) is 14.5 Å². The zero-order chi connectivity index (χ0) is 18.8. The predicted molar refractivity (Wildman–Crippen MR) is 111 cm³/mol. The van der Waals surface area contributed by atoms with Crippen LogP contribution in [0.3, 0.4) is 0 Å². The highest BCUT2D eigenvalue weighted by Crippen LogP contribution is 2.39. The number of rotatable bonds is 5. The number of H-pyrrole nitrogens is 1. The SMILES string of the molecule is COc1cc(-c2nc3ccc(C)cc3[nH]2)cc(Br)c1OCc1ccccc1. The van der Waals surface area contributed by atoms with E-state index in [0.717, 1.165) is 32.5 Å². The molecule has 0 aliphatic carbocycles. The Bertz CT molecular complexity index is 1090. The summed E-state index contributed by atoms with van der Waals surface area (Å²) in [4.78, 5) is 8.07. The molecule has 0 amide bonds. The number of benzene rings is 3. The maximum atomic E-state index is 6.01. The number of aryl methyl sites for hydroxylation is 1. The van der Waals surface area contributed by atoms with Crippen LogP contribution in [0.25, 0.3) is 22.4 Å². The van der Waals surface area contributed by atoms with Crippen LogP contribution in [0.1, 0.15) is 11.1 Å². The first kappa shape index (κ1) is 17.6. The molecule has 4 nitrogen and oxygen atoms in total. The van der Waals surface area contributed by atoms with Gasteiger partial charge in [0, 0.05) is 5.56 Å². The van der Waals surface area contributed by atoms with Gasteiger partial charge in [0.15, 0.2) is 11.5 Å². The number of ether oxygens (including phenoxy) is 2. The number of halogens is 1. The summed E-state index contributed by atoms with van der Waals surface area (Å²) in [6, 6.07) is 20.2. The molecule has 0 spiro atoms. The molecule has 0 aliphatic heterocycles. The topological polar surface area (TPSA) is 47.1 Å². The number of nitrogens with one attached hydrogen (secondary N) is 1. The highest BCUT2D eigenvalue weighted by molar-refractivity contribution is 9.10. The van der Waals surface area contributed by atoms with Gasteiger partial charge in [0.25, 0.3) is 0 Å². The molecule has 0 aliphatic rings. The first-order valence-electron chi connectivity index (χ1n) is 8.65. The molecule has 4 rings (SSSR count). The second-order valence-electron chi connectivity index (χ2n) is 6.37. The van der Waals surface area contributed by atoms with E-state index in [1.165, 1.54) is 5.56 Å². The Balaban J connectivity index is 1.67. The zero-order valence-electron chi connectivity index (χ0n) is 15.1. The van der Waals surface area contributed by atoms with Gasteiger partial charge in [-0.25, -0.2) is 4.98 Å². The summed E-state index contributed by atoms with van der Waals surface area (Å²) in [6.07, 6.45) is 0. The lowest BCUT2D eigenvalue weighted by molar-refractivity contribution is 0.282. The normalized spacial score (nSPS) is 10.9. The molecule has 0 unspecified atom stereocenters. The number of hydrogen-bond acceptors (Lipinski definition) is 3. The van der Waals surface area contributed by atoms with Crippen LogP contribution in [-0.2, 0) is 6.61 Å². The molecule has 0 bridgehead atoms. The van der Waals surface area contributed by atoms with Gasteiger partial charge >= 0.3 is 0 Å². The second kappa shape index (κ2) is 7.45. The Kier molecular flexibility index (Phi) is 4.86. The quantitative estimate of drug-likeness (QED) is 0.436. The highest BCUT2D eigenvalue weighted by atomic mass is 79.9. The van der Waals surface area contributed by atoms with Crippen molar-refractivity contribution in [3.05, 3.63) is 76.3 Å². The smallest absolute Gasteiger partial charge is 0.175 e. The fourth-order valence-electron chi connectivity index (χ4n) is 2.99. The van der Waals surface area contributed by atoms with E-state index in [-0.39, 0.29) is 0 Å². The van der Waals surface area contributed by atoms with E-state index >= 15 is 0 Å². The van der Waals surface area contributed by atoms with Crippen molar-refractivity contribution in [3.63, 3.8) is 0 Å². The maximum Gasteiger partial charge on any atom is 0.175 e. The lowest BCUT2D eigenvalue weighted by atomic mass is 10.2. The van der Waals surface area contributed by atoms with Crippen LogP contribution in [0.5, 0.6) is 11.5 Å². The third-order valence-corrected chi connectivity index (χ3v) is 4.96. The molecular formula is C22H19BrN2O2. The molecule has 0 saturated carbocycles. The van der Waals surface area contributed by atoms with E-state index in [1.807, 2.05) is 48.5 Å². The van der Waals surface area contributed by atoms with Gasteiger partial charge < -0.3 is 14.5 Å². The summed E-state index contributed by atoms with van der Waals surface area (Å²) >= 11 is 3.62. The standard InChI is InChI=1S/C22H19BrN2O2/c1-14-8-9-18-19(10-14)25-22(24-18)16-11-17(23)21(20(12-16)26-2)27-13-15-6-4-3-5-7-15/h3-12H,13H2,1-2H3,(H,24,25). The van der Waals surface area contributed by atoms with Crippen LogP contribution < -0.4 is 9.47 Å². The van der Waals surface area contributed by atoms with Crippen molar-refractivity contribution >= 4 is 27.0 Å². The largest absolute Gasteiger partial charge is 0.493 e. The Hall–Kier alpha value is -2.79. The fourth-order valence-corrected chi connectivity index (χ4v) is 3.54. The predicted octanol–water partition coefficient (Wildman–Crippen LogP) is 5.89. The maximum absolute atomic E-state index is 6.01. The molecule has 1 aromatic heterocycles. The van der Waals surface area contributed by atoms with E-state index in [1.54, 1.807) is 7.11 Å². The average molecular weight is 423 g/mol.